The molecule has 0 radical (unpaired) electrons. The van der Waals surface area contributed by atoms with Gasteiger partial charge in [0.05, 0.1) is 5.56 Å². The fourth-order valence-electron chi connectivity index (χ4n) is 1.32. The summed E-state index contributed by atoms with van der Waals surface area (Å²) >= 11 is 0. The molecule has 0 aliphatic heterocycles. The van der Waals surface area contributed by atoms with Crippen molar-refractivity contribution in [2.24, 2.45) is 0 Å². The lowest BCUT2D eigenvalue weighted by atomic mass is 9.99. The number of benzene rings is 1. The molecule has 15 heavy (non-hydrogen) atoms. The molecule has 0 saturated carbocycles. The first kappa shape index (κ1) is 11.9. The molecule has 0 amide bonds. The number of alkyl halides is 3. The van der Waals surface area contributed by atoms with Crippen molar-refractivity contribution in [2.45, 2.75) is 25.9 Å². The molecule has 0 aliphatic carbocycles. The first-order valence-electron chi connectivity index (χ1n) is 4.30. The highest BCUT2D eigenvalue weighted by molar-refractivity contribution is 5.31. The standard InChI is InChI=1S/C10H9F5/c1-5(2)8-7(11)4-3-6(9(8)12)10(13,14)15/h3-5H,1-2H3. The maximum absolute atomic E-state index is 13.3. The second kappa shape index (κ2) is 3.79. The minimum Gasteiger partial charge on any atom is -0.207 e. The molecule has 0 unspecified atom stereocenters. The van der Waals surface area contributed by atoms with E-state index in [0.717, 1.165) is 0 Å². The van der Waals surface area contributed by atoms with Gasteiger partial charge in [-0.15, -0.1) is 0 Å². The van der Waals surface area contributed by atoms with Gasteiger partial charge in [-0.3, -0.25) is 0 Å². The zero-order valence-electron chi connectivity index (χ0n) is 8.12. The minimum atomic E-state index is -4.79. The molecular formula is C10H9F5. The van der Waals surface area contributed by atoms with E-state index in [4.69, 9.17) is 0 Å². The van der Waals surface area contributed by atoms with Crippen LogP contribution in [0.5, 0.6) is 0 Å². The third kappa shape index (κ3) is 2.27. The predicted molar refractivity (Wildman–Crippen MR) is 45.4 cm³/mol. The number of halogens is 5. The van der Waals surface area contributed by atoms with E-state index in [-0.39, 0.29) is 0 Å². The van der Waals surface area contributed by atoms with Crippen molar-refractivity contribution in [3.8, 4) is 0 Å². The van der Waals surface area contributed by atoms with Gasteiger partial charge in [-0.2, -0.15) is 13.2 Å². The highest BCUT2D eigenvalue weighted by Crippen LogP contribution is 2.35. The lowest BCUT2D eigenvalue weighted by molar-refractivity contribution is -0.140. The van der Waals surface area contributed by atoms with Gasteiger partial charge >= 0.3 is 6.18 Å². The number of rotatable bonds is 1. The molecule has 0 aliphatic rings. The smallest absolute Gasteiger partial charge is 0.207 e. The summed E-state index contributed by atoms with van der Waals surface area (Å²) in [6.07, 6.45) is -4.79. The van der Waals surface area contributed by atoms with Gasteiger partial charge in [0.15, 0.2) is 0 Å². The van der Waals surface area contributed by atoms with Crippen LogP contribution in [0.25, 0.3) is 0 Å². The van der Waals surface area contributed by atoms with Crippen LogP contribution in [0.2, 0.25) is 0 Å². The zero-order chi connectivity index (χ0) is 11.8. The second-order valence-electron chi connectivity index (χ2n) is 3.48. The van der Waals surface area contributed by atoms with Crippen LogP contribution < -0.4 is 0 Å². The van der Waals surface area contributed by atoms with E-state index >= 15 is 0 Å². The first-order chi connectivity index (χ1) is 6.75. The highest BCUT2D eigenvalue weighted by atomic mass is 19.4. The lowest BCUT2D eigenvalue weighted by Crippen LogP contribution is -2.12. The van der Waals surface area contributed by atoms with Crippen LogP contribution in [-0.4, -0.2) is 0 Å². The summed E-state index contributed by atoms with van der Waals surface area (Å²) < 4.78 is 63.2. The Kier molecular flexibility index (Phi) is 3.02. The highest BCUT2D eigenvalue weighted by Gasteiger charge is 2.36. The molecule has 5 heteroatoms. The van der Waals surface area contributed by atoms with E-state index in [2.05, 4.69) is 0 Å². The zero-order valence-corrected chi connectivity index (χ0v) is 8.12. The molecule has 0 aromatic heterocycles. The van der Waals surface area contributed by atoms with Gasteiger partial charge in [-0.05, 0) is 18.1 Å². The summed E-state index contributed by atoms with van der Waals surface area (Å²) in [6.45, 7) is 2.86. The molecule has 0 bridgehead atoms. The molecule has 1 rings (SSSR count). The summed E-state index contributed by atoms with van der Waals surface area (Å²) in [7, 11) is 0. The van der Waals surface area contributed by atoms with Crippen LogP contribution >= 0.6 is 0 Å². The minimum absolute atomic E-state index is 0.413. The van der Waals surface area contributed by atoms with Crippen molar-refractivity contribution in [2.75, 3.05) is 0 Å². The van der Waals surface area contributed by atoms with E-state index in [1.54, 1.807) is 0 Å². The van der Waals surface area contributed by atoms with Crippen LogP contribution in [0.3, 0.4) is 0 Å². The summed E-state index contributed by atoms with van der Waals surface area (Å²) in [4.78, 5) is 0. The Labute approximate surface area is 83.7 Å². The lowest BCUT2D eigenvalue weighted by Gasteiger charge is -2.14. The summed E-state index contributed by atoms with van der Waals surface area (Å²) in [5, 5.41) is 0. The van der Waals surface area contributed by atoms with Crippen LogP contribution in [-0.2, 0) is 6.18 Å². The first-order valence-corrected chi connectivity index (χ1v) is 4.30. The topological polar surface area (TPSA) is 0 Å². The molecule has 0 nitrogen and oxygen atoms in total. The SMILES string of the molecule is CC(C)c1c(F)ccc(C(F)(F)F)c1F. The fraction of sp³-hybridized carbons (Fsp3) is 0.400. The maximum Gasteiger partial charge on any atom is 0.419 e. The van der Waals surface area contributed by atoms with Crippen LogP contribution in [0.15, 0.2) is 12.1 Å². The van der Waals surface area contributed by atoms with E-state index in [1.165, 1.54) is 13.8 Å². The largest absolute Gasteiger partial charge is 0.419 e. The Morgan fingerprint density at radius 1 is 1.07 bits per heavy atom. The molecule has 1 aromatic rings. The molecular weight excluding hydrogens is 215 g/mol. The molecule has 0 heterocycles. The molecule has 0 saturated heterocycles. The molecule has 1 aromatic carbocycles. The van der Waals surface area contributed by atoms with Gasteiger partial charge in [-0.25, -0.2) is 8.78 Å². The van der Waals surface area contributed by atoms with Gasteiger partial charge in [-0.1, -0.05) is 13.8 Å². The van der Waals surface area contributed by atoms with Crippen molar-refractivity contribution in [1.29, 1.82) is 0 Å². The molecule has 0 N–H and O–H groups in total. The number of hydrogen-bond donors (Lipinski definition) is 0. The van der Waals surface area contributed by atoms with Crippen LogP contribution in [0.1, 0.15) is 30.9 Å². The van der Waals surface area contributed by atoms with E-state index < -0.39 is 34.9 Å². The third-order valence-electron chi connectivity index (χ3n) is 2.01. The summed E-state index contributed by atoms with van der Waals surface area (Å²) in [5.74, 6) is -3.10. The Morgan fingerprint density at radius 2 is 1.60 bits per heavy atom. The normalized spacial score (nSPS) is 12.3. The van der Waals surface area contributed by atoms with Crippen molar-refractivity contribution in [3.63, 3.8) is 0 Å². The molecule has 0 atom stereocenters. The Morgan fingerprint density at radius 3 is 2.00 bits per heavy atom. The van der Waals surface area contributed by atoms with Gasteiger partial charge in [0, 0.05) is 5.56 Å². The predicted octanol–water partition coefficient (Wildman–Crippen LogP) is 4.11. The third-order valence-corrected chi connectivity index (χ3v) is 2.01. The van der Waals surface area contributed by atoms with E-state index in [1.807, 2.05) is 0 Å². The fourth-order valence-corrected chi connectivity index (χ4v) is 1.32. The van der Waals surface area contributed by atoms with Gasteiger partial charge in [0.2, 0.25) is 0 Å². The average molecular weight is 224 g/mol. The quantitative estimate of drug-likeness (QED) is 0.630. The molecule has 0 fully saturated rings. The molecule has 84 valence electrons. The number of hydrogen-bond acceptors (Lipinski definition) is 0. The van der Waals surface area contributed by atoms with Gasteiger partial charge in [0.25, 0.3) is 0 Å². The van der Waals surface area contributed by atoms with Crippen molar-refractivity contribution in [3.05, 3.63) is 34.9 Å². The monoisotopic (exact) mass is 224 g/mol. The van der Waals surface area contributed by atoms with Crippen molar-refractivity contribution < 1.29 is 22.0 Å². The second-order valence-corrected chi connectivity index (χ2v) is 3.48. The van der Waals surface area contributed by atoms with Crippen molar-refractivity contribution >= 4 is 0 Å². The van der Waals surface area contributed by atoms with Crippen LogP contribution in [0, 0.1) is 11.6 Å². The maximum atomic E-state index is 13.3. The molecule has 0 spiro atoms. The average Bonchev–Trinajstić information content (AvgIpc) is 2.00. The Bertz CT molecular complexity index is 365. The Hall–Kier alpha value is -1.13. The van der Waals surface area contributed by atoms with E-state index in [9.17, 15) is 22.0 Å². The summed E-state index contributed by atoms with van der Waals surface area (Å²) in [5.41, 5.74) is -1.95. The Balaban J connectivity index is 3.42. The van der Waals surface area contributed by atoms with E-state index in [0.29, 0.717) is 12.1 Å². The van der Waals surface area contributed by atoms with Crippen LogP contribution in [0.4, 0.5) is 22.0 Å². The van der Waals surface area contributed by atoms with Gasteiger partial charge in [0.1, 0.15) is 11.6 Å². The van der Waals surface area contributed by atoms with Gasteiger partial charge < -0.3 is 0 Å². The van der Waals surface area contributed by atoms with Crippen molar-refractivity contribution in [1.82, 2.24) is 0 Å². The summed E-state index contributed by atoms with van der Waals surface area (Å²) in [6, 6.07) is 1.05.